The van der Waals surface area contributed by atoms with Crippen LogP contribution in [0.2, 0.25) is 0 Å². The maximum Gasteiger partial charge on any atom is 0.216 e. The molecule has 1 aromatic heterocycles. The minimum absolute atomic E-state index is 0.0980. The molecule has 3 N–H and O–H groups in total. The van der Waals surface area contributed by atoms with Crippen molar-refractivity contribution in [2.75, 3.05) is 12.8 Å². The van der Waals surface area contributed by atoms with Gasteiger partial charge in [-0.1, -0.05) is 0 Å². The predicted octanol–water partition coefficient (Wildman–Crippen LogP) is 2.80. The fraction of sp³-hybridized carbons (Fsp3) is 0.824. The molecule has 6 heteroatoms. The van der Waals surface area contributed by atoms with Gasteiger partial charge in [0.1, 0.15) is 5.82 Å². The standard InChI is InChI=1S/C17H32N4O2/c1-11(2)19-16(22-6)23-13-8-7-12(9-13)14-10-15(18)21(20-14)17(3,4)5/h10-13,16,19H,7-9,18H2,1-6H3/t12-,13+,16?/m0/s1. The Hall–Kier alpha value is -1.11. The molecule has 23 heavy (non-hydrogen) atoms. The topological polar surface area (TPSA) is 74.3 Å². The summed E-state index contributed by atoms with van der Waals surface area (Å²) in [5.74, 6) is 1.13. The van der Waals surface area contributed by atoms with E-state index in [0.29, 0.717) is 12.0 Å². The summed E-state index contributed by atoms with van der Waals surface area (Å²) in [6.07, 6.45) is 2.89. The number of rotatable bonds is 6. The van der Waals surface area contributed by atoms with Crippen LogP contribution in [0, 0.1) is 0 Å². The van der Waals surface area contributed by atoms with Gasteiger partial charge in [0, 0.05) is 25.1 Å². The largest absolute Gasteiger partial charge is 0.384 e. The predicted molar refractivity (Wildman–Crippen MR) is 92.2 cm³/mol. The molecule has 1 aliphatic carbocycles. The maximum atomic E-state index is 6.13. The van der Waals surface area contributed by atoms with Gasteiger partial charge < -0.3 is 15.2 Å². The molecule has 1 fully saturated rings. The summed E-state index contributed by atoms with van der Waals surface area (Å²) in [5, 5.41) is 7.99. The molecule has 1 heterocycles. The second kappa shape index (κ2) is 7.20. The third-order valence-electron chi connectivity index (χ3n) is 4.19. The van der Waals surface area contributed by atoms with Crippen LogP contribution in [0.3, 0.4) is 0 Å². The Kier molecular flexibility index (Phi) is 5.70. The van der Waals surface area contributed by atoms with Gasteiger partial charge in [-0.3, -0.25) is 5.32 Å². The molecule has 0 aromatic carbocycles. The van der Waals surface area contributed by atoms with Crippen molar-refractivity contribution in [3.8, 4) is 0 Å². The third-order valence-corrected chi connectivity index (χ3v) is 4.19. The number of methoxy groups -OCH3 is 1. The zero-order valence-electron chi connectivity index (χ0n) is 15.3. The zero-order valence-corrected chi connectivity index (χ0v) is 15.3. The Bertz CT molecular complexity index is 507. The summed E-state index contributed by atoms with van der Waals surface area (Å²) in [5.41, 5.74) is 7.11. The van der Waals surface area contributed by atoms with Gasteiger partial charge in [-0.2, -0.15) is 5.10 Å². The Morgan fingerprint density at radius 1 is 1.35 bits per heavy atom. The molecule has 0 saturated heterocycles. The van der Waals surface area contributed by atoms with Gasteiger partial charge in [-0.15, -0.1) is 0 Å². The summed E-state index contributed by atoms with van der Waals surface area (Å²) in [6.45, 7) is 10.5. The summed E-state index contributed by atoms with van der Waals surface area (Å²) in [6, 6.07) is 2.33. The van der Waals surface area contributed by atoms with E-state index < -0.39 is 0 Å². The van der Waals surface area contributed by atoms with Gasteiger partial charge in [0.05, 0.1) is 17.3 Å². The lowest BCUT2D eigenvalue weighted by molar-refractivity contribution is -0.174. The van der Waals surface area contributed by atoms with E-state index in [9.17, 15) is 0 Å². The third kappa shape index (κ3) is 4.68. The quantitative estimate of drug-likeness (QED) is 0.787. The number of nitrogen functional groups attached to an aromatic ring is 1. The van der Waals surface area contributed by atoms with Crippen LogP contribution in [0.4, 0.5) is 5.82 Å². The van der Waals surface area contributed by atoms with Crippen molar-refractivity contribution in [2.45, 2.75) is 83.9 Å². The number of hydrogen-bond donors (Lipinski definition) is 2. The van der Waals surface area contributed by atoms with Crippen LogP contribution >= 0.6 is 0 Å². The average Bonchev–Trinajstić information content (AvgIpc) is 3.03. The van der Waals surface area contributed by atoms with E-state index >= 15 is 0 Å². The van der Waals surface area contributed by atoms with Gasteiger partial charge in [0.15, 0.2) is 0 Å². The first kappa shape index (κ1) is 18.2. The van der Waals surface area contributed by atoms with Gasteiger partial charge in [-0.25, -0.2) is 4.68 Å². The van der Waals surface area contributed by atoms with E-state index in [1.165, 1.54) is 0 Å². The maximum absolute atomic E-state index is 6.13. The Morgan fingerprint density at radius 3 is 2.57 bits per heavy atom. The van der Waals surface area contributed by atoms with Gasteiger partial charge in [0.2, 0.25) is 6.41 Å². The highest BCUT2D eigenvalue weighted by atomic mass is 16.7. The Labute approximate surface area is 139 Å². The first-order valence-electron chi connectivity index (χ1n) is 8.51. The number of hydrogen-bond acceptors (Lipinski definition) is 5. The molecule has 1 aromatic rings. The first-order valence-corrected chi connectivity index (χ1v) is 8.51. The van der Waals surface area contributed by atoms with Gasteiger partial charge in [0.25, 0.3) is 0 Å². The van der Waals surface area contributed by atoms with E-state index in [4.69, 9.17) is 20.3 Å². The number of ether oxygens (including phenoxy) is 2. The lowest BCUT2D eigenvalue weighted by Crippen LogP contribution is -2.40. The summed E-state index contributed by atoms with van der Waals surface area (Å²) >= 11 is 0. The molecule has 3 atom stereocenters. The highest BCUT2D eigenvalue weighted by Crippen LogP contribution is 2.37. The normalized spacial score (nSPS) is 23.6. The summed E-state index contributed by atoms with van der Waals surface area (Å²) < 4.78 is 13.3. The van der Waals surface area contributed by atoms with Crippen LogP contribution in [0.5, 0.6) is 0 Å². The Morgan fingerprint density at radius 2 is 2.04 bits per heavy atom. The number of aromatic nitrogens is 2. The lowest BCUT2D eigenvalue weighted by Gasteiger charge is -2.23. The van der Waals surface area contributed by atoms with Crippen molar-refractivity contribution in [1.82, 2.24) is 15.1 Å². The van der Waals surface area contributed by atoms with Crippen molar-refractivity contribution in [1.29, 1.82) is 0 Å². The molecular weight excluding hydrogens is 292 g/mol. The second-order valence-electron chi connectivity index (χ2n) is 7.73. The van der Waals surface area contributed by atoms with Crippen LogP contribution in [-0.2, 0) is 15.0 Å². The van der Waals surface area contributed by atoms with Crippen molar-refractivity contribution >= 4 is 5.82 Å². The minimum Gasteiger partial charge on any atom is -0.384 e. The fourth-order valence-corrected chi connectivity index (χ4v) is 3.09. The first-order chi connectivity index (χ1) is 10.7. The van der Waals surface area contributed by atoms with E-state index in [-0.39, 0.29) is 18.1 Å². The molecule has 2 rings (SSSR count). The van der Waals surface area contributed by atoms with E-state index in [1.807, 2.05) is 10.7 Å². The molecular formula is C17H32N4O2. The lowest BCUT2D eigenvalue weighted by atomic mass is 10.0. The molecule has 6 nitrogen and oxygen atoms in total. The van der Waals surface area contributed by atoms with Crippen molar-refractivity contribution < 1.29 is 9.47 Å². The zero-order chi connectivity index (χ0) is 17.2. The second-order valence-corrected chi connectivity index (χ2v) is 7.73. The van der Waals surface area contributed by atoms with E-state index in [2.05, 4.69) is 39.9 Å². The molecule has 0 bridgehead atoms. The summed E-state index contributed by atoms with van der Waals surface area (Å²) in [7, 11) is 1.66. The van der Waals surface area contributed by atoms with Gasteiger partial charge in [-0.05, 0) is 53.9 Å². The van der Waals surface area contributed by atoms with E-state index in [1.54, 1.807) is 7.11 Å². The van der Waals surface area contributed by atoms with Crippen LogP contribution in [0.25, 0.3) is 0 Å². The fourth-order valence-electron chi connectivity index (χ4n) is 3.09. The smallest absolute Gasteiger partial charge is 0.216 e. The highest BCUT2D eigenvalue weighted by Gasteiger charge is 2.31. The summed E-state index contributed by atoms with van der Waals surface area (Å²) in [4.78, 5) is 0. The van der Waals surface area contributed by atoms with Crippen LogP contribution in [-0.4, -0.2) is 35.5 Å². The number of nitrogens with two attached hydrogens (primary N) is 1. The average molecular weight is 324 g/mol. The SMILES string of the molecule is COC(NC(C)C)O[C@@H]1CC[C@H](c2cc(N)n(C(C)(C)C)n2)C1. The number of anilines is 1. The van der Waals surface area contributed by atoms with Crippen molar-refractivity contribution in [2.24, 2.45) is 0 Å². The van der Waals surface area contributed by atoms with Crippen LogP contribution < -0.4 is 11.1 Å². The molecule has 1 aliphatic rings. The van der Waals surface area contributed by atoms with Crippen LogP contribution in [0.1, 0.15) is 65.5 Å². The highest BCUT2D eigenvalue weighted by molar-refractivity contribution is 5.34. The Balaban J connectivity index is 1.97. The molecule has 132 valence electrons. The molecule has 0 spiro atoms. The molecule has 1 unspecified atom stereocenters. The monoisotopic (exact) mass is 324 g/mol. The number of nitrogens with zero attached hydrogens (tertiary/aromatic N) is 2. The molecule has 0 radical (unpaired) electrons. The van der Waals surface area contributed by atoms with Gasteiger partial charge >= 0.3 is 0 Å². The molecule has 1 saturated carbocycles. The molecule has 0 amide bonds. The molecule has 0 aliphatic heterocycles. The van der Waals surface area contributed by atoms with Crippen molar-refractivity contribution in [3.63, 3.8) is 0 Å². The van der Waals surface area contributed by atoms with E-state index in [0.717, 1.165) is 30.8 Å². The van der Waals surface area contributed by atoms with Crippen molar-refractivity contribution in [3.05, 3.63) is 11.8 Å². The minimum atomic E-state index is -0.351. The number of nitrogens with one attached hydrogen (secondary N) is 1. The van der Waals surface area contributed by atoms with Crippen LogP contribution in [0.15, 0.2) is 6.07 Å².